The Kier molecular flexibility index (Phi) is 4.68. The fourth-order valence-electron chi connectivity index (χ4n) is 2.46. The third-order valence-electron chi connectivity index (χ3n) is 3.85. The minimum absolute atomic E-state index is 0.217. The summed E-state index contributed by atoms with van der Waals surface area (Å²) < 4.78 is 2.84. The van der Waals surface area contributed by atoms with E-state index in [2.05, 4.69) is 26.3 Å². The van der Waals surface area contributed by atoms with Gasteiger partial charge >= 0.3 is 0 Å². The minimum atomic E-state index is -0.217. The first-order valence-corrected chi connectivity index (χ1v) is 8.42. The van der Waals surface area contributed by atoms with Crippen molar-refractivity contribution in [3.05, 3.63) is 75.5 Å². The van der Waals surface area contributed by atoms with Crippen molar-refractivity contribution in [2.75, 3.05) is 5.32 Å². The maximum absolute atomic E-state index is 12.3. The molecule has 2 aromatic carbocycles. The van der Waals surface area contributed by atoms with Crippen molar-refractivity contribution in [2.24, 2.45) is 0 Å². The lowest BCUT2D eigenvalue weighted by Gasteiger charge is -2.08. The molecule has 3 aromatic rings. The summed E-state index contributed by atoms with van der Waals surface area (Å²) in [5, 5.41) is 16.1. The molecule has 0 aliphatic carbocycles. The number of halogens is 1. The van der Waals surface area contributed by atoms with Crippen LogP contribution in [0.5, 0.6) is 0 Å². The zero-order valence-corrected chi connectivity index (χ0v) is 15.3. The summed E-state index contributed by atoms with van der Waals surface area (Å²) in [6, 6.07) is 16.0. The smallest absolute Gasteiger partial charge is 0.255 e. The Balaban J connectivity index is 1.77. The molecule has 1 heterocycles. The third-order valence-corrected chi connectivity index (χ3v) is 5.00. The Morgan fingerprint density at radius 1 is 1.12 bits per heavy atom. The first-order valence-electron chi connectivity index (χ1n) is 7.63. The van der Waals surface area contributed by atoms with Crippen molar-refractivity contribution in [2.45, 2.75) is 13.8 Å². The number of aryl methyl sites for hydroxylation is 1. The molecule has 0 bridgehead atoms. The van der Waals surface area contributed by atoms with Crippen molar-refractivity contribution in [1.29, 1.82) is 5.26 Å². The first kappa shape index (κ1) is 16.9. The molecule has 0 atom stereocenters. The highest BCUT2D eigenvalue weighted by Crippen LogP contribution is 2.23. The molecule has 5 nitrogen and oxygen atoms in total. The molecule has 0 fully saturated rings. The highest BCUT2D eigenvalue weighted by molar-refractivity contribution is 9.10. The maximum atomic E-state index is 12.3. The van der Waals surface area contributed by atoms with Gasteiger partial charge in [0.15, 0.2) is 0 Å². The number of anilines is 1. The van der Waals surface area contributed by atoms with Crippen LogP contribution < -0.4 is 5.32 Å². The van der Waals surface area contributed by atoms with E-state index in [-0.39, 0.29) is 5.91 Å². The summed E-state index contributed by atoms with van der Waals surface area (Å²) in [6.45, 7) is 3.93. The largest absolute Gasteiger partial charge is 0.322 e. The zero-order valence-electron chi connectivity index (χ0n) is 13.7. The summed E-state index contributed by atoms with van der Waals surface area (Å²) in [5.41, 5.74) is 4.59. The van der Waals surface area contributed by atoms with Gasteiger partial charge in [0.05, 0.1) is 33.2 Å². The van der Waals surface area contributed by atoms with Crippen LogP contribution >= 0.6 is 15.9 Å². The Morgan fingerprint density at radius 3 is 2.28 bits per heavy atom. The number of nitrogens with one attached hydrogen (secondary N) is 1. The summed E-state index contributed by atoms with van der Waals surface area (Å²) in [5.74, 6) is -0.217. The van der Waals surface area contributed by atoms with E-state index in [9.17, 15) is 4.79 Å². The Bertz CT molecular complexity index is 966. The average Bonchev–Trinajstić information content (AvgIpc) is 2.90. The quantitative estimate of drug-likeness (QED) is 0.716. The number of benzene rings is 2. The molecule has 124 valence electrons. The molecule has 1 N–H and O–H groups in total. The standard InChI is InChI=1S/C19H15BrN4O/c1-12-18(20)13(2)24(23-12)17-9-7-16(8-10-17)22-19(25)15-5-3-14(11-21)4-6-15/h3-10H,1-2H3,(H,22,25). The van der Waals surface area contributed by atoms with E-state index in [4.69, 9.17) is 5.26 Å². The van der Waals surface area contributed by atoms with Crippen LogP contribution in [0.25, 0.3) is 5.69 Å². The van der Waals surface area contributed by atoms with E-state index in [1.165, 1.54) is 0 Å². The lowest BCUT2D eigenvalue weighted by atomic mass is 10.1. The van der Waals surface area contributed by atoms with Crippen LogP contribution in [-0.4, -0.2) is 15.7 Å². The van der Waals surface area contributed by atoms with Crippen LogP contribution in [0.3, 0.4) is 0 Å². The number of amides is 1. The van der Waals surface area contributed by atoms with Crippen molar-refractivity contribution < 1.29 is 4.79 Å². The molecule has 0 aliphatic rings. The fourth-order valence-corrected chi connectivity index (χ4v) is 2.71. The number of carbonyl (C=O) groups is 1. The van der Waals surface area contributed by atoms with Gasteiger partial charge in [-0.1, -0.05) is 0 Å². The summed E-state index contributed by atoms with van der Waals surface area (Å²) in [4.78, 5) is 12.3. The average molecular weight is 395 g/mol. The van der Waals surface area contributed by atoms with Gasteiger partial charge in [0.2, 0.25) is 0 Å². The molecule has 6 heteroatoms. The maximum Gasteiger partial charge on any atom is 0.255 e. The van der Waals surface area contributed by atoms with Gasteiger partial charge in [0.25, 0.3) is 5.91 Å². The number of aromatic nitrogens is 2. The zero-order chi connectivity index (χ0) is 18.0. The second-order valence-corrected chi connectivity index (χ2v) is 6.38. The second kappa shape index (κ2) is 6.91. The molecule has 3 rings (SSSR count). The molecule has 1 aromatic heterocycles. The Labute approximate surface area is 154 Å². The van der Waals surface area contributed by atoms with E-state index in [1.54, 1.807) is 24.3 Å². The summed E-state index contributed by atoms with van der Waals surface area (Å²) >= 11 is 3.52. The first-order chi connectivity index (χ1) is 12.0. The molecule has 0 unspecified atom stereocenters. The van der Waals surface area contributed by atoms with Crippen molar-refractivity contribution in [3.8, 4) is 11.8 Å². The number of rotatable bonds is 3. The van der Waals surface area contributed by atoms with Crippen molar-refractivity contribution in [1.82, 2.24) is 9.78 Å². The normalized spacial score (nSPS) is 10.3. The van der Waals surface area contributed by atoms with E-state index in [0.717, 1.165) is 21.5 Å². The van der Waals surface area contributed by atoms with Crippen molar-refractivity contribution in [3.63, 3.8) is 0 Å². The fraction of sp³-hybridized carbons (Fsp3) is 0.105. The molecular weight excluding hydrogens is 380 g/mol. The number of hydrogen-bond donors (Lipinski definition) is 1. The van der Waals surface area contributed by atoms with Crippen LogP contribution in [0.15, 0.2) is 53.0 Å². The second-order valence-electron chi connectivity index (χ2n) is 5.59. The molecule has 0 saturated carbocycles. The number of nitrogens with zero attached hydrogens (tertiary/aromatic N) is 3. The molecule has 0 aliphatic heterocycles. The van der Waals surface area contributed by atoms with Gasteiger partial charge in [-0.25, -0.2) is 4.68 Å². The van der Waals surface area contributed by atoms with Gasteiger partial charge in [-0.05, 0) is 78.3 Å². The topological polar surface area (TPSA) is 70.7 Å². The predicted molar refractivity (Wildman–Crippen MR) is 99.8 cm³/mol. The Morgan fingerprint density at radius 2 is 1.76 bits per heavy atom. The lowest BCUT2D eigenvalue weighted by molar-refractivity contribution is 0.102. The number of carbonyl (C=O) groups excluding carboxylic acids is 1. The number of hydrogen-bond acceptors (Lipinski definition) is 3. The van der Waals surface area contributed by atoms with Gasteiger partial charge in [0, 0.05) is 11.3 Å². The molecular formula is C19H15BrN4O. The van der Waals surface area contributed by atoms with Gasteiger partial charge in [-0.15, -0.1) is 0 Å². The van der Waals surface area contributed by atoms with Gasteiger partial charge in [-0.3, -0.25) is 4.79 Å². The molecule has 0 saturated heterocycles. The predicted octanol–water partition coefficient (Wildman–Crippen LogP) is 4.38. The van der Waals surface area contributed by atoms with Gasteiger partial charge in [0.1, 0.15) is 0 Å². The van der Waals surface area contributed by atoms with Crippen LogP contribution in [0.2, 0.25) is 0 Å². The summed E-state index contributed by atoms with van der Waals surface area (Å²) in [6.07, 6.45) is 0. The van der Waals surface area contributed by atoms with E-state index >= 15 is 0 Å². The van der Waals surface area contributed by atoms with Crippen LogP contribution in [0.1, 0.15) is 27.3 Å². The SMILES string of the molecule is Cc1nn(-c2ccc(NC(=O)c3ccc(C#N)cc3)cc2)c(C)c1Br. The highest BCUT2D eigenvalue weighted by atomic mass is 79.9. The molecule has 0 radical (unpaired) electrons. The highest BCUT2D eigenvalue weighted by Gasteiger charge is 2.11. The summed E-state index contributed by atoms with van der Waals surface area (Å²) in [7, 11) is 0. The van der Waals surface area contributed by atoms with Gasteiger partial charge < -0.3 is 5.32 Å². The van der Waals surface area contributed by atoms with E-state index < -0.39 is 0 Å². The molecule has 1 amide bonds. The van der Waals surface area contributed by atoms with Crippen LogP contribution in [0.4, 0.5) is 5.69 Å². The number of nitriles is 1. The Hall–Kier alpha value is -2.91. The monoisotopic (exact) mass is 394 g/mol. The lowest BCUT2D eigenvalue weighted by Crippen LogP contribution is -2.11. The van der Waals surface area contributed by atoms with Crippen LogP contribution in [0, 0.1) is 25.2 Å². The molecule has 0 spiro atoms. The molecule has 25 heavy (non-hydrogen) atoms. The minimum Gasteiger partial charge on any atom is -0.322 e. The van der Waals surface area contributed by atoms with E-state index in [1.807, 2.05) is 48.9 Å². The van der Waals surface area contributed by atoms with Crippen molar-refractivity contribution >= 4 is 27.5 Å². The van der Waals surface area contributed by atoms with Gasteiger partial charge in [-0.2, -0.15) is 10.4 Å². The third kappa shape index (κ3) is 3.47. The van der Waals surface area contributed by atoms with Crippen LogP contribution in [-0.2, 0) is 0 Å². The van der Waals surface area contributed by atoms with E-state index in [0.29, 0.717) is 16.8 Å².